The summed E-state index contributed by atoms with van der Waals surface area (Å²) in [5.41, 5.74) is 5.79. The molecule has 1 aromatic rings. The summed E-state index contributed by atoms with van der Waals surface area (Å²) in [7, 11) is 3.85. The smallest absolute Gasteiger partial charge is 0.267 e. The molecule has 1 amide bonds. The van der Waals surface area contributed by atoms with E-state index in [2.05, 4.69) is 22.2 Å². The third kappa shape index (κ3) is 2.73. The van der Waals surface area contributed by atoms with Crippen molar-refractivity contribution in [1.29, 1.82) is 0 Å². The highest BCUT2D eigenvalue weighted by molar-refractivity contribution is 7.18. The van der Waals surface area contributed by atoms with Crippen molar-refractivity contribution in [3.63, 3.8) is 0 Å². The number of rotatable bonds is 2. The Hall–Kier alpha value is -1.34. The summed E-state index contributed by atoms with van der Waals surface area (Å²) in [5.74, 6) is 0.328. The Bertz CT molecular complexity index is 433. The Morgan fingerprint density at radius 1 is 1.39 bits per heavy atom. The molecule has 0 aromatic carbocycles. The number of nitrogens with two attached hydrogens (primary N) is 1. The van der Waals surface area contributed by atoms with Crippen LogP contribution in [0, 0.1) is 0 Å². The first-order valence-corrected chi connectivity index (χ1v) is 6.85. The van der Waals surface area contributed by atoms with Gasteiger partial charge in [0.25, 0.3) is 5.91 Å². The zero-order valence-electron chi connectivity index (χ0n) is 10.8. The molecule has 0 aliphatic carbocycles. The number of amides is 1. The molecule has 1 saturated heterocycles. The van der Waals surface area contributed by atoms with E-state index >= 15 is 0 Å². The molecule has 0 saturated carbocycles. The van der Waals surface area contributed by atoms with Gasteiger partial charge in [-0.15, -0.1) is 0 Å². The maximum Gasteiger partial charge on any atom is 0.267 e. The van der Waals surface area contributed by atoms with Gasteiger partial charge in [-0.3, -0.25) is 4.79 Å². The summed E-state index contributed by atoms with van der Waals surface area (Å²) in [4.78, 5) is 21.1. The van der Waals surface area contributed by atoms with Crippen LogP contribution >= 0.6 is 11.3 Å². The average molecular weight is 269 g/mol. The van der Waals surface area contributed by atoms with Crippen LogP contribution in [0.4, 0.5) is 10.9 Å². The Labute approximate surface area is 111 Å². The molecule has 6 nitrogen and oxygen atoms in total. The van der Waals surface area contributed by atoms with Gasteiger partial charge in [0.2, 0.25) is 0 Å². The van der Waals surface area contributed by atoms with Crippen LogP contribution in [0.5, 0.6) is 0 Å². The molecule has 7 heteroatoms. The molecule has 1 aliphatic rings. The third-order valence-electron chi connectivity index (χ3n) is 3.07. The molecule has 18 heavy (non-hydrogen) atoms. The molecule has 0 unspecified atom stereocenters. The number of nitrogens with one attached hydrogen (secondary N) is 1. The van der Waals surface area contributed by atoms with E-state index in [0.717, 1.165) is 32.6 Å². The quantitative estimate of drug-likeness (QED) is 0.820. The topological polar surface area (TPSA) is 74.5 Å². The van der Waals surface area contributed by atoms with Crippen molar-refractivity contribution in [3.8, 4) is 0 Å². The van der Waals surface area contributed by atoms with Crippen LogP contribution in [0.15, 0.2) is 0 Å². The van der Waals surface area contributed by atoms with Gasteiger partial charge in [0.05, 0.1) is 0 Å². The Morgan fingerprint density at radius 2 is 2.17 bits per heavy atom. The summed E-state index contributed by atoms with van der Waals surface area (Å²) in [6, 6.07) is 0. The van der Waals surface area contributed by atoms with Crippen LogP contribution in [0.25, 0.3) is 0 Å². The van der Waals surface area contributed by atoms with Gasteiger partial charge in [-0.2, -0.15) is 0 Å². The molecule has 100 valence electrons. The first-order chi connectivity index (χ1) is 8.61. The number of hydrogen-bond donors (Lipinski definition) is 2. The molecule has 0 radical (unpaired) electrons. The van der Waals surface area contributed by atoms with Gasteiger partial charge in [0.1, 0.15) is 10.7 Å². The van der Waals surface area contributed by atoms with Gasteiger partial charge in [-0.25, -0.2) is 4.98 Å². The van der Waals surface area contributed by atoms with Gasteiger partial charge in [-0.1, -0.05) is 11.3 Å². The number of likely N-dealkylation sites (N-methyl/N-ethyl adjacent to an activating group) is 1. The Morgan fingerprint density at radius 3 is 2.83 bits per heavy atom. The molecule has 0 bridgehead atoms. The first-order valence-electron chi connectivity index (χ1n) is 6.03. The van der Waals surface area contributed by atoms with E-state index in [1.54, 1.807) is 7.05 Å². The number of carbonyl (C=O) groups excluding carboxylic acids is 1. The number of thiazole rings is 1. The standard InChI is InChI=1S/C11H19N5OS/c1-13-11-14-9(12)8(18-11)10(17)16-5-3-4-15(2)6-7-16/h3-7,12H2,1-2H3,(H,13,14). The van der Waals surface area contributed by atoms with Gasteiger partial charge < -0.3 is 20.9 Å². The van der Waals surface area contributed by atoms with E-state index in [1.807, 2.05) is 4.90 Å². The molecule has 1 aromatic heterocycles. The zero-order valence-corrected chi connectivity index (χ0v) is 11.6. The second-order valence-electron chi connectivity index (χ2n) is 4.43. The molecule has 1 aliphatic heterocycles. The molecule has 0 spiro atoms. The minimum Gasteiger partial charge on any atom is -0.382 e. The Balaban J connectivity index is 2.12. The van der Waals surface area contributed by atoms with Crippen LogP contribution in [0.2, 0.25) is 0 Å². The lowest BCUT2D eigenvalue weighted by Crippen LogP contribution is -2.34. The molecular weight excluding hydrogens is 250 g/mol. The van der Waals surface area contributed by atoms with E-state index in [0.29, 0.717) is 15.8 Å². The minimum absolute atomic E-state index is 0.00167. The molecule has 2 heterocycles. The highest BCUT2D eigenvalue weighted by Gasteiger charge is 2.23. The average Bonchev–Trinajstić information content (AvgIpc) is 2.59. The number of nitrogens with zero attached hydrogens (tertiary/aromatic N) is 3. The lowest BCUT2D eigenvalue weighted by molar-refractivity contribution is 0.0768. The predicted octanol–water partition coefficient (Wildman–Crippen LogP) is 0.545. The van der Waals surface area contributed by atoms with Crippen molar-refractivity contribution in [2.24, 2.45) is 0 Å². The monoisotopic (exact) mass is 269 g/mol. The number of nitrogen functional groups attached to an aromatic ring is 1. The van der Waals surface area contributed by atoms with Crippen LogP contribution in [0.1, 0.15) is 16.1 Å². The van der Waals surface area contributed by atoms with E-state index in [9.17, 15) is 4.79 Å². The fourth-order valence-electron chi connectivity index (χ4n) is 1.99. The normalized spacial score (nSPS) is 17.6. The van der Waals surface area contributed by atoms with Crippen molar-refractivity contribution >= 4 is 28.2 Å². The molecule has 3 N–H and O–H groups in total. The van der Waals surface area contributed by atoms with Gasteiger partial charge in [-0.05, 0) is 20.0 Å². The number of hydrogen-bond acceptors (Lipinski definition) is 6. The van der Waals surface area contributed by atoms with Gasteiger partial charge >= 0.3 is 0 Å². The van der Waals surface area contributed by atoms with Crippen molar-refractivity contribution in [2.45, 2.75) is 6.42 Å². The maximum atomic E-state index is 12.4. The number of anilines is 2. The third-order valence-corrected chi connectivity index (χ3v) is 4.14. The van der Waals surface area contributed by atoms with Crippen molar-refractivity contribution in [3.05, 3.63) is 4.88 Å². The van der Waals surface area contributed by atoms with Crippen LogP contribution in [-0.2, 0) is 0 Å². The molecular formula is C11H19N5OS. The number of carbonyl (C=O) groups is 1. The molecule has 1 fully saturated rings. The van der Waals surface area contributed by atoms with Gasteiger partial charge in [0, 0.05) is 26.7 Å². The minimum atomic E-state index is 0.00167. The summed E-state index contributed by atoms with van der Waals surface area (Å²) < 4.78 is 0. The van der Waals surface area contributed by atoms with Crippen LogP contribution in [0.3, 0.4) is 0 Å². The fourth-order valence-corrected chi connectivity index (χ4v) is 2.79. The second-order valence-corrected chi connectivity index (χ2v) is 5.43. The molecule has 2 rings (SSSR count). The number of aromatic nitrogens is 1. The summed E-state index contributed by atoms with van der Waals surface area (Å²) in [6.07, 6.45) is 1.000. The van der Waals surface area contributed by atoms with Crippen molar-refractivity contribution < 1.29 is 4.79 Å². The summed E-state index contributed by atoms with van der Waals surface area (Å²) >= 11 is 1.32. The lowest BCUT2D eigenvalue weighted by Gasteiger charge is -2.19. The largest absolute Gasteiger partial charge is 0.382 e. The maximum absolute atomic E-state index is 12.4. The zero-order chi connectivity index (χ0) is 13.1. The van der Waals surface area contributed by atoms with Gasteiger partial charge in [0.15, 0.2) is 5.13 Å². The summed E-state index contributed by atoms with van der Waals surface area (Å²) in [6.45, 7) is 3.48. The predicted molar refractivity (Wildman–Crippen MR) is 74.1 cm³/mol. The SMILES string of the molecule is CNc1nc(N)c(C(=O)N2CCCN(C)CC2)s1. The Kier molecular flexibility index (Phi) is 4.03. The van der Waals surface area contributed by atoms with E-state index < -0.39 is 0 Å². The highest BCUT2D eigenvalue weighted by Crippen LogP contribution is 2.26. The summed E-state index contributed by atoms with van der Waals surface area (Å²) in [5, 5.41) is 3.60. The lowest BCUT2D eigenvalue weighted by atomic mass is 10.3. The highest BCUT2D eigenvalue weighted by atomic mass is 32.1. The van der Waals surface area contributed by atoms with Crippen molar-refractivity contribution in [2.75, 3.05) is 51.3 Å². The van der Waals surface area contributed by atoms with Crippen LogP contribution in [-0.4, -0.2) is 61.0 Å². The van der Waals surface area contributed by atoms with Crippen LogP contribution < -0.4 is 11.1 Å². The fraction of sp³-hybridized carbons (Fsp3) is 0.636. The molecule has 0 atom stereocenters. The van der Waals surface area contributed by atoms with Crippen molar-refractivity contribution in [1.82, 2.24) is 14.8 Å². The van der Waals surface area contributed by atoms with E-state index in [-0.39, 0.29) is 5.91 Å². The van der Waals surface area contributed by atoms with E-state index in [4.69, 9.17) is 5.73 Å². The second kappa shape index (κ2) is 5.53. The first kappa shape index (κ1) is 13.1. The van der Waals surface area contributed by atoms with E-state index in [1.165, 1.54) is 11.3 Å².